The van der Waals surface area contributed by atoms with Crippen molar-refractivity contribution in [3.8, 4) is 6.07 Å². The fraction of sp³-hybridized carbons (Fsp3) is 0.318. The van der Waals surface area contributed by atoms with Crippen molar-refractivity contribution in [1.82, 2.24) is 9.55 Å². The fourth-order valence-electron chi connectivity index (χ4n) is 3.86. The molecule has 3 aromatic rings. The lowest BCUT2D eigenvalue weighted by Crippen LogP contribution is -2.16. The summed E-state index contributed by atoms with van der Waals surface area (Å²) < 4.78 is 1.94. The molecule has 136 valence electrons. The Morgan fingerprint density at radius 2 is 2.04 bits per heavy atom. The van der Waals surface area contributed by atoms with Gasteiger partial charge in [0.2, 0.25) is 5.91 Å². The van der Waals surface area contributed by atoms with E-state index in [0.29, 0.717) is 22.8 Å². The molecule has 5 heteroatoms. The third kappa shape index (κ3) is 3.38. The van der Waals surface area contributed by atoms with Crippen molar-refractivity contribution in [2.45, 2.75) is 44.1 Å². The second kappa shape index (κ2) is 7.58. The first kappa shape index (κ1) is 17.8. The highest BCUT2D eigenvalue weighted by Gasteiger charge is 2.23. The molecule has 0 aliphatic heterocycles. The summed E-state index contributed by atoms with van der Waals surface area (Å²) in [4.78, 5) is 17.5. The number of hydrogen-bond acceptors (Lipinski definition) is 4. The Kier molecular flexibility index (Phi) is 5.00. The maximum Gasteiger partial charge on any atom is 0.232 e. The predicted octanol–water partition coefficient (Wildman–Crippen LogP) is 4.92. The van der Waals surface area contributed by atoms with Gasteiger partial charge in [-0.2, -0.15) is 5.26 Å². The zero-order valence-corrected chi connectivity index (χ0v) is 16.2. The Balaban J connectivity index is 1.56. The van der Waals surface area contributed by atoms with Crippen molar-refractivity contribution in [3.63, 3.8) is 0 Å². The highest BCUT2D eigenvalue weighted by Crippen LogP contribution is 2.32. The summed E-state index contributed by atoms with van der Waals surface area (Å²) in [6, 6.07) is 14.0. The van der Waals surface area contributed by atoms with E-state index in [-0.39, 0.29) is 5.91 Å². The number of aryl methyl sites for hydroxylation is 2. The fourth-order valence-corrected chi connectivity index (χ4v) is 4.80. The van der Waals surface area contributed by atoms with Gasteiger partial charge in [-0.3, -0.25) is 9.36 Å². The van der Waals surface area contributed by atoms with Gasteiger partial charge in [-0.05, 0) is 56.4 Å². The van der Waals surface area contributed by atoms with E-state index in [1.54, 1.807) is 6.07 Å². The van der Waals surface area contributed by atoms with E-state index < -0.39 is 0 Å². The van der Waals surface area contributed by atoms with Gasteiger partial charge in [-0.15, -0.1) is 11.8 Å². The van der Waals surface area contributed by atoms with Gasteiger partial charge in [0.15, 0.2) is 0 Å². The minimum atomic E-state index is 0.132. The molecule has 0 fully saturated rings. The number of fused-ring (bicyclic) bond motifs is 3. The van der Waals surface area contributed by atoms with Crippen LogP contribution in [0.3, 0.4) is 0 Å². The molecule has 2 aromatic heterocycles. The van der Waals surface area contributed by atoms with E-state index in [4.69, 9.17) is 0 Å². The van der Waals surface area contributed by atoms with Crippen LogP contribution in [-0.2, 0) is 12.8 Å². The van der Waals surface area contributed by atoms with Crippen LogP contribution in [0.5, 0.6) is 0 Å². The van der Waals surface area contributed by atoms with E-state index in [0.717, 1.165) is 30.5 Å². The van der Waals surface area contributed by atoms with E-state index in [1.165, 1.54) is 34.8 Å². The van der Waals surface area contributed by atoms with Crippen LogP contribution < -0.4 is 0 Å². The van der Waals surface area contributed by atoms with Crippen molar-refractivity contribution in [3.05, 3.63) is 58.9 Å². The molecular formula is C22H21N3OS. The lowest BCUT2D eigenvalue weighted by atomic mass is 9.95. The van der Waals surface area contributed by atoms with Crippen molar-refractivity contribution in [2.75, 3.05) is 5.75 Å². The average Bonchev–Trinajstić information content (AvgIpc) is 3.03. The average molecular weight is 375 g/mol. The molecule has 0 unspecified atom stereocenters. The molecule has 0 amide bonds. The van der Waals surface area contributed by atoms with Gasteiger partial charge < -0.3 is 0 Å². The quantitative estimate of drug-likeness (QED) is 0.608. The third-order valence-corrected chi connectivity index (χ3v) is 6.10. The molecule has 0 saturated carbocycles. The normalized spacial score (nSPS) is 13.3. The number of rotatable bonds is 4. The smallest absolute Gasteiger partial charge is 0.232 e. The van der Waals surface area contributed by atoms with Crippen molar-refractivity contribution >= 4 is 28.6 Å². The van der Waals surface area contributed by atoms with Crippen molar-refractivity contribution in [2.24, 2.45) is 0 Å². The largest absolute Gasteiger partial charge is 0.284 e. The van der Waals surface area contributed by atoms with Crippen LogP contribution in [0.1, 0.15) is 46.6 Å². The number of para-hydroxylation sites is 1. The van der Waals surface area contributed by atoms with Crippen LogP contribution in [0.15, 0.2) is 41.4 Å². The predicted molar refractivity (Wildman–Crippen MR) is 108 cm³/mol. The first-order valence-electron chi connectivity index (χ1n) is 9.34. The van der Waals surface area contributed by atoms with Gasteiger partial charge in [0.1, 0.15) is 11.1 Å². The number of nitrogens with zero attached hydrogens (tertiary/aromatic N) is 3. The number of carbonyl (C=O) groups excluding carboxylic acids is 1. The summed E-state index contributed by atoms with van der Waals surface area (Å²) in [6.45, 7) is 1.91. The molecule has 0 N–H and O–H groups in total. The Bertz CT molecular complexity index is 1060. The first-order valence-corrected chi connectivity index (χ1v) is 10.3. The molecule has 4 rings (SSSR count). The lowest BCUT2D eigenvalue weighted by Gasteiger charge is -2.15. The van der Waals surface area contributed by atoms with Gasteiger partial charge >= 0.3 is 0 Å². The van der Waals surface area contributed by atoms with Crippen LogP contribution in [0.2, 0.25) is 0 Å². The third-order valence-electron chi connectivity index (χ3n) is 5.10. The van der Waals surface area contributed by atoms with Crippen molar-refractivity contribution in [1.29, 1.82) is 5.26 Å². The topological polar surface area (TPSA) is 58.7 Å². The minimum absolute atomic E-state index is 0.132. The summed E-state index contributed by atoms with van der Waals surface area (Å²) >= 11 is 1.49. The maximum absolute atomic E-state index is 13.1. The number of benzene rings is 1. The molecule has 1 aliphatic rings. The minimum Gasteiger partial charge on any atom is -0.284 e. The molecule has 0 atom stereocenters. The van der Waals surface area contributed by atoms with E-state index in [2.05, 4.69) is 29.3 Å². The van der Waals surface area contributed by atoms with Gasteiger partial charge in [0.05, 0.1) is 11.1 Å². The Hall–Kier alpha value is -2.58. The molecule has 2 heterocycles. The standard InChI is InChI=1S/C22H21N3OS/c1-15-10-11-16(14-23)22(24-15)27-13-12-21(26)25-19-8-4-2-6-17(19)18-7-3-5-9-20(18)25/h2,4,6,8,10-11H,3,5,7,9,12-13H2,1H3. The molecule has 4 nitrogen and oxygen atoms in total. The van der Waals surface area contributed by atoms with Crippen LogP contribution in [-0.4, -0.2) is 21.2 Å². The second-order valence-corrected chi connectivity index (χ2v) is 7.98. The summed E-state index contributed by atoms with van der Waals surface area (Å²) in [5, 5.41) is 11.2. The summed E-state index contributed by atoms with van der Waals surface area (Å²) in [6.07, 6.45) is 4.80. The lowest BCUT2D eigenvalue weighted by molar-refractivity contribution is 0.0912. The van der Waals surface area contributed by atoms with Gasteiger partial charge in [-0.1, -0.05) is 18.2 Å². The van der Waals surface area contributed by atoms with Crippen LogP contribution in [0.25, 0.3) is 10.9 Å². The molecule has 0 bridgehead atoms. The number of thioether (sulfide) groups is 1. The molecular weight excluding hydrogens is 354 g/mol. The number of nitriles is 1. The SMILES string of the molecule is Cc1ccc(C#N)c(SCCC(=O)n2c3c(c4ccccc42)CCCC3)n1. The second-order valence-electron chi connectivity index (χ2n) is 6.89. The summed E-state index contributed by atoms with van der Waals surface area (Å²) in [5.74, 6) is 0.749. The summed E-state index contributed by atoms with van der Waals surface area (Å²) in [7, 11) is 0. The molecule has 27 heavy (non-hydrogen) atoms. The zero-order valence-electron chi connectivity index (χ0n) is 15.4. The molecule has 0 radical (unpaired) electrons. The van der Waals surface area contributed by atoms with E-state index in [1.807, 2.05) is 23.6 Å². The van der Waals surface area contributed by atoms with E-state index >= 15 is 0 Å². The summed E-state index contributed by atoms with van der Waals surface area (Å²) in [5.41, 5.74) is 5.04. The van der Waals surface area contributed by atoms with Crippen LogP contribution in [0, 0.1) is 18.3 Å². The maximum atomic E-state index is 13.1. The molecule has 0 saturated heterocycles. The van der Waals surface area contributed by atoms with E-state index in [9.17, 15) is 10.1 Å². The molecule has 0 spiro atoms. The van der Waals surface area contributed by atoms with Gasteiger partial charge in [0, 0.05) is 28.9 Å². The number of hydrogen-bond donors (Lipinski definition) is 0. The Morgan fingerprint density at radius 1 is 1.22 bits per heavy atom. The Morgan fingerprint density at radius 3 is 2.89 bits per heavy atom. The van der Waals surface area contributed by atoms with Crippen LogP contribution in [0.4, 0.5) is 0 Å². The number of aromatic nitrogens is 2. The highest BCUT2D eigenvalue weighted by molar-refractivity contribution is 7.99. The number of carbonyl (C=O) groups is 1. The monoisotopic (exact) mass is 375 g/mol. The Labute approximate surface area is 163 Å². The van der Waals surface area contributed by atoms with Crippen LogP contribution >= 0.6 is 11.8 Å². The van der Waals surface area contributed by atoms with Crippen molar-refractivity contribution < 1.29 is 4.79 Å². The number of pyridine rings is 1. The van der Waals surface area contributed by atoms with Gasteiger partial charge in [0.25, 0.3) is 0 Å². The zero-order chi connectivity index (χ0) is 18.8. The first-order chi connectivity index (χ1) is 13.2. The highest BCUT2D eigenvalue weighted by atomic mass is 32.2. The molecule has 1 aliphatic carbocycles. The molecule has 1 aromatic carbocycles. The van der Waals surface area contributed by atoms with Gasteiger partial charge in [-0.25, -0.2) is 4.98 Å².